The van der Waals surface area contributed by atoms with Crippen molar-refractivity contribution < 1.29 is 9.59 Å². The lowest BCUT2D eigenvalue weighted by Gasteiger charge is -2.05. The van der Waals surface area contributed by atoms with Crippen LogP contribution in [0.1, 0.15) is 27.6 Å². The van der Waals surface area contributed by atoms with E-state index in [1.807, 2.05) is 29.6 Å². The first-order chi connectivity index (χ1) is 10.1. The summed E-state index contributed by atoms with van der Waals surface area (Å²) in [6, 6.07) is 14.8. The van der Waals surface area contributed by atoms with Gasteiger partial charge in [0, 0.05) is 26.7 Å². The molecule has 0 saturated heterocycles. The van der Waals surface area contributed by atoms with E-state index in [4.69, 9.17) is 0 Å². The molecule has 1 heterocycles. The van der Waals surface area contributed by atoms with Crippen LogP contribution in [0.25, 0.3) is 10.1 Å². The number of rotatable bonds is 3. The first kappa shape index (κ1) is 13.5. The summed E-state index contributed by atoms with van der Waals surface area (Å²) in [5.74, 6) is -0.180. The molecule has 3 aromatic rings. The maximum Gasteiger partial charge on any atom is 0.257 e. The van der Waals surface area contributed by atoms with E-state index in [2.05, 4.69) is 5.32 Å². The Hall–Kier alpha value is -2.46. The van der Waals surface area contributed by atoms with Gasteiger partial charge in [0.25, 0.3) is 5.91 Å². The van der Waals surface area contributed by atoms with Crippen molar-refractivity contribution in [3.05, 3.63) is 65.0 Å². The summed E-state index contributed by atoms with van der Waals surface area (Å²) in [7, 11) is 0. The number of nitrogens with one attached hydrogen (secondary N) is 1. The lowest BCUT2D eigenvalue weighted by atomic mass is 10.1. The third kappa shape index (κ3) is 2.71. The second-order valence-corrected chi connectivity index (χ2v) is 5.65. The van der Waals surface area contributed by atoms with Gasteiger partial charge in [0.05, 0.1) is 5.56 Å². The predicted octanol–water partition coefficient (Wildman–Crippen LogP) is 4.36. The molecule has 21 heavy (non-hydrogen) atoms. The zero-order valence-corrected chi connectivity index (χ0v) is 12.2. The van der Waals surface area contributed by atoms with Crippen LogP contribution in [0.15, 0.2) is 53.9 Å². The molecule has 4 heteroatoms. The number of amides is 1. The van der Waals surface area contributed by atoms with Crippen molar-refractivity contribution in [1.82, 2.24) is 0 Å². The van der Waals surface area contributed by atoms with Crippen molar-refractivity contribution >= 4 is 38.8 Å². The average Bonchev–Trinajstić information content (AvgIpc) is 2.91. The standard InChI is InChI=1S/C17H13NO2S/c1-11(19)12-5-4-6-13(9-12)18-17(20)15-10-21-16-8-3-2-7-14(15)16/h2-10H,1H3,(H,18,20). The summed E-state index contributed by atoms with van der Waals surface area (Å²) >= 11 is 1.55. The van der Waals surface area contributed by atoms with Gasteiger partial charge in [-0.3, -0.25) is 9.59 Å². The molecule has 0 spiro atoms. The van der Waals surface area contributed by atoms with Crippen LogP contribution < -0.4 is 5.32 Å². The third-order valence-electron chi connectivity index (χ3n) is 3.25. The van der Waals surface area contributed by atoms with E-state index < -0.39 is 0 Å². The Bertz CT molecular complexity index is 835. The monoisotopic (exact) mass is 295 g/mol. The van der Waals surface area contributed by atoms with Crippen molar-refractivity contribution in [2.45, 2.75) is 6.92 Å². The number of fused-ring (bicyclic) bond motifs is 1. The highest BCUT2D eigenvalue weighted by Crippen LogP contribution is 2.26. The molecule has 0 saturated carbocycles. The van der Waals surface area contributed by atoms with E-state index in [1.54, 1.807) is 35.6 Å². The van der Waals surface area contributed by atoms with Crippen LogP contribution in [0.4, 0.5) is 5.69 Å². The summed E-state index contributed by atoms with van der Waals surface area (Å²) in [5.41, 5.74) is 1.87. The number of carbonyl (C=O) groups excluding carboxylic acids is 2. The summed E-state index contributed by atoms with van der Waals surface area (Å²) in [6.07, 6.45) is 0. The maximum absolute atomic E-state index is 12.4. The average molecular weight is 295 g/mol. The summed E-state index contributed by atoms with van der Waals surface area (Å²) < 4.78 is 1.08. The first-order valence-electron chi connectivity index (χ1n) is 6.54. The van der Waals surface area contributed by atoms with Crippen LogP contribution >= 0.6 is 11.3 Å². The van der Waals surface area contributed by atoms with Crippen molar-refractivity contribution in [2.75, 3.05) is 5.32 Å². The Kier molecular flexibility index (Phi) is 3.54. The fourth-order valence-electron chi connectivity index (χ4n) is 2.17. The highest BCUT2D eigenvalue weighted by molar-refractivity contribution is 7.17. The molecule has 2 aromatic carbocycles. The van der Waals surface area contributed by atoms with Gasteiger partial charge in [-0.25, -0.2) is 0 Å². The number of thiophene rings is 1. The van der Waals surface area contributed by atoms with E-state index in [9.17, 15) is 9.59 Å². The smallest absolute Gasteiger partial charge is 0.257 e. The molecule has 1 aromatic heterocycles. The summed E-state index contributed by atoms with van der Waals surface area (Å²) in [5, 5.41) is 5.65. The molecule has 0 bridgehead atoms. The van der Waals surface area contributed by atoms with Crippen molar-refractivity contribution in [2.24, 2.45) is 0 Å². The molecule has 0 fully saturated rings. The Morgan fingerprint density at radius 1 is 1.05 bits per heavy atom. The van der Waals surface area contributed by atoms with E-state index in [0.29, 0.717) is 16.8 Å². The second kappa shape index (κ2) is 5.50. The third-order valence-corrected chi connectivity index (χ3v) is 4.22. The van der Waals surface area contributed by atoms with Gasteiger partial charge in [-0.2, -0.15) is 0 Å². The van der Waals surface area contributed by atoms with E-state index in [0.717, 1.165) is 10.1 Å². The maximum atomic E-state index is 12.4. The van der Waals surface area contributed by atoms with E-state index in [-0.39, 0.29) is 11.7 Å². The Labute approximate surface area is 126 Å². The molecule has 3 nitrogen and oxygen atoms in total. The molecular formula is C17H13NO2S. The normalized spacial score (nSPS) is 10.5. The van der Waals surface area contributed by atoms with Gasteiger partial charge in [0.1, 0.15) is 0 Å². The van der Waals surface area contributed by atoms with Crippen molar-refractivity contribution in [1.29, 1.82) is 0 Å². The molecule has 0 aliphatic carbocycles. The number of hydrogen-bond donors (Lipinski definition) is 1. The summed E-state index contributed by atoms with van der Waals surface area (Å²) in [6.45, 7) is 1.51. The molecule has 0 radical (unpaired) electrons. The SMILES string of the molecule is CC(=O)c1cccc(NC(=O)c2csc3ccccc23)c1. The number of benzene rings is 2. The number of ketones is 1. The number of carbonyl (C=O) groups is 2. The molecule has 3 rings (SSSR count). The minimum Gasteiger partial charge on any atom is -0.322 e. The molecule has 1 N–H and O–H groups in total. The number of anilines is 1. The van der Waals surface area contributed by atoms with Gasteiger partial charge in [-0.05, 0) is 25.1 Å². The largest absolute Gasteiger partial charge is 0.322 e. The Morgan fingerprint density at radius 2 is 1.86 bits per heavy atom. The van der Waals surface area contributed by atoms with E-state index in [1.165, 1.54) is 6.92 Å². The molecule has 1 amide bonds. The van der Waals surface area contributed by atoms with Crippen LogP contribution in [0, 0.1) is 0 Å². The van der Waals surface area contributed by atoms with Gasteiger partial charge >= 0.3 is 0 Å². The van der Waals surface area contributed by atoms with Gasteiger partial charge in [0.15, 0.2) is 5.78 Å². The van der Waals surface area contributed by atoms with Gasteiger partial charge in [-0.15, -0.1) is 11.3 Å². The van der Waals surface area contributed by atoms with Crippen LogP contribution in [-0.4, -0.2) is 11.7 Å². The number of hydrogen-bond acceptors (Lipinski definition) is 3. The fourth-order valence-corrected chi connectivity index (χ4v) is 3.11. The zero-order valence-electron chi connectivity index (χ0n) is 11.4. The molecular weight excluding hydrogens is 282 g/mol. The Balaban J connectivity index is 1.90. The van der Waals surface area contributed by atoms with E-state index >= 15 is 0 Å². The van der Waals surface area contributed by atoms with Crippen LogP contribution in [0.3, 0.4) is 0 Å². The van der Waals surface area contributed by atoms with Crippen LogP contribution in [0.2, 0.25) is 0 Å². The highest BCUT2D eigenvalue weighted by Gasteiger charge is 2.12. The minimum atomic E-state index is -0.159. The fraction of sp³-hybridized carbons (Fsp3) is 0.0588. The molecule has 0 unspecified atom stereocenters. The Morgan fingerprint density at radius 3 is 2.67 bits per heavy atom. The molecule has 104 valence electrons. The van der Waals surface area contributed by atoms with Crippen LogP contribution in [-0.2, 0) is 0 Å². The molecule has 0 aliphatic heterocycles. The first-order valence-corrected chi connectivity index (χ1v) is 7.42. The quantitative estimate of drug-likeness (QED) is 0.730. The summed E-state index contributed by atoms with van der Waals surface area (Å²) in [4.78, 5) is 23.8. The van der Waals surface area contributed by atoms with Gasteiger partial charge in [0.2, 0.25) is 0 Å². The van der Waals surface area contributed by atoms with Gasteiger partial charge < -0.3 is 5.32 Å². The van der Waals surface area contributed by atoms with Crippen molar-refractivity contribution in [3.63, 3.8) is 0 Å². The minimum absolute atomic E-state index is 0.0212. The van der Waals surface area contributed by atoms with Crippen molar-refractivity contribution in [3.8, 4) is 0 Å². The number of Topliss-reactive ketones (excluding diaryl/α,β-unsaturated/α-hetero) is 1. The lowest BCUT2D eigenvalue weighted by Crippen LogP contribution is -2.11. The second-order valence-electron chi connectivity index (χ2n) is 4.74. The predicted molar refractivity (Wildman–Crippen MR) is 86.2 cm³/mol. The lowest BCUT2D eigenvalue weighted by molar-refractivity contribution is 0.101. The van der Waals surface area contributed by atoms with Crippen LogP contribution in [0.5, 0.6) is 0 Å². The molecule has 0 aliphatic rings. The van der Waals surface area contributed by atoms with Gasteiger partial charge in [-0.1, -0.05) is 30.3 Å². The topological polar surface area (TPSA) is 46.2 Å². The molecule has 0 atom stereocenters. The zero-order chi connectivity index (χ0) is 14.8. The highest BCUT2D eigenvalue weighted by atomic mass is 32.1.